The molecule has 3 aliphatic rings. The maximum atomic E-state index is 12.3. The minimum absolute atomic E-state index is 0.341. The van der Waals surface area contributed by atoms with E-state index in [4.69, 9.17) is 0 Å². The van der Waals surface area contributed by atoms with Gasteiger partial charge in [0.2, 0.25) is 5.91 Å². The number of hydrogen-bond donors (Lipinski definition) is 1. The third kappa shape index (κ3) is 2.86. The molecule has 2 atom stereocenters. The number of halogens is 1. The minimum atomic E-state index is 0.341. The van der Waals surface area contributed by atoms with Gasteiger partial charge in [0.25, 0.3) is 0 Å². The number of carbonyl (C=O) groups excluding carboxylic acids is 1. The monoisotopic (exact) mass is 327 g/mol. The predicted octanol–water partition coefficient (Wildman–Crippen LogP) is 3.88. The molecule has 0 spiro atoms. The standard InChI is InChI=1S/C16H26BrNO/c17-10-16(8-4-1-5-9-16)11-18-15(19)14-12-6-2-3-7-13(12)14/h12-14H,1-11H2,(H,18,19). The van der Waals surface area contributed by atoms with Crippen LogP contribution in [0, 0.1) is 23.2 Å². The van der Waals surface area contributed by atoms with Crippen LogP contribution >= 0.6 is 15.9 Å². The van der Waals surface area contributed by atoms with E-state index >= 15 is 0 Å². The fraction of sp³-hybridized carbons (Fsp3) is 0.938. The first kappa shape index (κ1) is 13.9. The Balaban J connectivity index is 1.50. The third-order valence-electron chi connectivity index (χ3n) is 5.79. The third-order valence-corrected chi connectivity index (χ3v) is 6.98. The van der Waals surface area contributed by atoms with Crippen molar-refractivity contribution in [3.8, 4) is 0 Å². The van der Waals surface area contributed by atoms with Gasteiger partial charge in [-0.25, -0.2) is 0 Å². The van der Waals surface area contributed by atoms with Crippen molar-refractivity contribution in [2.24, 2.45) is 23.2 Å². The number of rotatable bonds is 4. The zero-order valence-electron chi connectivity index (χ0n) is 11.8. The molecule has 0 heterocycles. The molecule has 19 heavy (non-hydrogen) atoms. The van der Waals surface area contributed by atoms with Crippen LogP contribution in [0.25, 0.3) is 0 Å². The van der Waals surface area contributed by atoms with Gasteiger partial charge in [0, 0.05) is 17.8 Å². The van der Waals surface area contributed by atoms with E-state index in [1.54, 1.807) is 0 Å². The summed E-state index contributed by atoms with van der Waals surface area (Å²) in [5, 5.41) is 4.33. The van der Waals surface area contributed by atoms with Gasteiger partial charge in [-0.2, -0.15) is 0 Å². The second kappa shape index (κ2) is 5.75. The smallest absolute Gasteiger partial charge is 0.223 e. The Morgan fingerprint density at radius 1 is 1.05 bits per heavy atom. The van der Waals surface area contributed by atoms with Crippen LogP contribution in [-0.2, 0) is 4.79 Å². The number of nitrogens with one attached hydrogen (secondary N) is 1. The molecule has 0 aromatic carbocycles. The highest BCUT2D eigenvalue weighted by Gasteiger charge is 2.54. The van der Waals surface area contributed by atoms with Crippen LogP contribution in [0.2, 0.25) is 0 Å². The lowest BCUT2D eigenvalue weighted by atomic mass is 9.75. The highest BCUT2D eigenvalue weighted by molar-refractivity contribution is 9.09. The molecule has 3 fully saturated rings. The number of alkyl halides is 1. The molecular weight excluding hydrogens is 302 g/mol. The summed E-state index contributed by atoms with van der Waals surface area (Å²) in [5.74, 6) is 2.21. The molecular formula is C16H26BrNO. The van der Waals surface area contributed by atoms with Crippen LogP contribution in [0.4, 0.5) is 0 Å². The van der Waals surface area contributed by atoms with E-state index in [-0.39, 0.29) is 0 Å². The molecule has 3 heteroatoms. The summed E-state index contributed by atoms with van der Waals surface area (Å²) in [7, 11) is 0. The molecule has 2 nitrogen and oxygen atoms in total. The molecule has 2 unspecified atom stereocenters. The summed E-state index contributed by atoms with van der Waals surface area (Å²) in [4.78, 5) is 12.3. The van der Waals surface area contributed by atoms with Gasteiger partial charge in [0.05, 0.1) is 0 Å². The van der Waals surface area contributed by atoms with Crippen molar-refractivity contribution in [1.29, 1.82) is 0 Å². The van der Waals surface area contributed by atoms with Crippen molar-refractivity contribution in [3.63, 3.8) is 0 Å². The zero-order valence-corrected chi connectivity index (χ0v) is 13.4. The minimum Gasteiger partial charge on any atom is -0.355 e. The van der Waals surface area contributed by atoms with Gasteiger partial charge in [0.1, 0.15) is 0 Å². The number of hydrogen-bond acceptors (Lipinski definition) is 1. The van der Waals surface area contributed by atoms with E-state index in [0.29, 0.717) is 17.2 Å². The SMILES string of the molecule is O=C(NCC1(CBr)CCCCC1)C1C2CCCCC21. The summed E-state index contributed by atoms with van der Waals surface area (Å²) < 4.78 is 0. The second-order valence-corrected chi connectivity index (χ2v) is 7.61. The molecule has 1 amide bonds. The first-order valence-electron chi connectivity index (χ1n) is 8.09. The maximum Gasteiger partial charge on any atom is 0.223 e. The highest BCUT2D eigenvalue weighted by atomic mass is 79.9. The molecule has 3 rings (SSSR count). The molecule has 1 N–H and O–H groups in total. The summed E-state index contributed by atoms with van der Waals surface area (Å²) in [5.41, 5.74) is 0.341. The van der Waals surface area contributed by atoms with Crippen LogP contribution in [0.15, 0.2) is 0 Å². The Kier molecular flexibility index (Phi) is 4.21. The number of amides is 1. The molecule has 108 valence electrons. The summed E-state index contributed by atoms with van der Waals surface area (Å²) in [6.07, 6.45) is 11.9. The molecule has 0 aliphatic heterocycles. The lowest BCUT2D eigenvalue weighted by Gasteiger charge is -2.35. The van der Waals surface area contributed by atoms with E-state index in [9.17, 15) is 4.79 Å². The first-order valence-corrected chi connectivity index (χ1v) is 9.22. The Bertz CT molecular complexity index is 326. The van der Waals surface area contributed by atoms with Crippen molar-refractivity contribution in [1.82, 2.24) is 5.32 Å². The average Bonchev–Trinajstić information content (AvgIpc) is 3.20. The maximum absolute atomic E-state index is 12.3. The quantitative estimate of drug-likeness (QED) is 0.780. The van der Waals surface area contributed by atoms with E-state index in [1.807, 2.05) is 0 Å². The van der Waals surface area contributed by atoms with Crippen molar-refractivity contribution >= 4 is 21.8 Å². The fourth-order valence-corrected chi connectivity index (χ4v) is 5.19. The molecule has 3 saturated carbocycles. The topological polar surface area (TPSA) is 29.1 Å². The lowest BCUT2D eigenvalue weighted by Crippen LogP contribution is -2.41. The van der Waals surface area contributed by atoms with E-state index in [0.717, 1.165) is 23.7 Å². The van der Waals surface area contributed by atoms with Crippen LogP contribution in [0.3, 0.4) is 0 Å². The number of carbonyl (C=O) groups is 1. The summed E-state index contributed by atoms with van der Waals surface area (Å²) >= 11 is 3.68. The van der Waals surface area contributed by atoms with E-state index in [2.05, 4.69) is 21.2 Å². The summed E-state index contributed by atoms with van der Waals surface area (Å²) in [6.45, 7) is 0.896. The Morgan fingerprint density at radius 2 is 1.68 bits per heavy atom. The highest BCUT2D eigenvalue weighted by Crippen LogP contribution is 2.55. The molecule has 0 radical (unpaired) electrons. The largest absolute Gasteiger partial charge is 0.355 e. The predicted molar refractivity (Wildman–Crippen MR) is 81.3 cm³/mol. The van der Waals surface area contributed by atoms with Crippen molar-refractivity contribution in [2.45, 2.75) is 57.8 Å². The first-order chi connectivity index (χ1) is 9.26. The van der Waals surface area contributed by atoms with Crippen LogP contribution < -0.4 is 5.32 Å². The zero-order chi connectivity index (χ0) is 13.3. The fourth-order valence-electron chi connectivity index (χ4n) is 4.43. The molecule has 0 bridgehead atoms. The second-order valence-electron chi connectivity index (χ2n) is 7.05. The van der Waals surface area contributed by atoms with Crippen LogP contribution in [-0.4, -0.2) is 17.8 Å². The van der Waals surface area contributed by atoms with Crippen LogP contribution in [0.1, 0.15) is 57.8 Å². The van der Waals surface area contributed by atoms with Gasteiger partial charge in [-0.15, -0.1) is 0 Å². The van der Waals surface area contributed by atoms with Crippen molar-refractivity contribution < 1.29 is 4.79 Å². The van der Waals surface area contributed by atoms with Gasteiger partial charge >= 0.3 is 0 Å². The van der Waals surface area contributed by atoms with E-state index in [1.165, 1.54) is 57.8 Å². The molecule has 0 saturated heterocycles. The number of fused-ring (bicyclic) bond motifs is 1. The Morgan fingerprint density at radius 3 is 2.26 bits per heavy atom. The normalized spacial score (nSPS) is 36.4. The Labute approximate surface area is 125 Å². The lowest BCUT2D eigenvalue weighted by molar-refractivity contribution is -0.123. The van der Waals surface area contributed by atoms with Gasteiger partial charge in [-0.3, -0.25) is 4.79 Å². The van der Waals surface area contributed by atoms with Gasteiger partial charge in [-0.05, 0) is 42.9 Å². The van der Waals surface area contributed by atoms with Gasteiger partial charge < -0.3 is 5.32 Å². The average molecular weight is 328 g/mol. The molecule has 0 aromatic rings. The van der Waals surface area contributed by atoms with Gasteiger partial charge in [-0.1, -0.05) is 48.0 Å². The summed E-state index contributed by atoms with van der Waals surface area (Å²) in [6, 6.07) is 0. The van der Waals surface area contributed by atoms with Crippen molar-refractivity contribution in [3.05, 3.63) is 0 Å². The van der Waals surface area contributed by atoms with Crippen molar-refractivity contribution in [2.75, 3.05) is 11.9 Å². The molecule has 0 aromatic heterocycles. The molecule has 3 aliphatic carbocycles. The van der Waals surface area contributed by atoms with E-state index < -0.39 is 0 Å². The van der Waals surface area contributed by atoms with Gasteiger partial charge in [0.15, 0.2) is 0 Å². The van der Waals surface area contributed by atoms with Crippen LogP contribution in [0.5, 0.6) is 0 Å². The Hall–Kier alpha value is -0.0500.